The normalized spacial score (nSPS) is 10.0. The van der Waals surface area contributed by atoms with E-state index in [1.807, 2.05) is 6.07 Å². The summed E-state index contributed by atoms with van der Waals surface area (Å²) in [7, 11) is 2.71. The Morgan fingerprint density at radius 3 is 2.38 bits per heavy atom. The van der Waals surface area contributed by atoms with Crippen molar-refractivity contribution in [3.05, 3.63) is 23.8 Å². The topological polar surface area (TPSA) is 88.8 Å². The molecule has 0 bridgehead atoms. The van der Waals surface area contributed by atoms with Crippen LogP contribution in [0.15, 0.2) is 18.2 Å². The van der Waals surface area contributed by atoms with Crippen molar-refractivity contribution in [2.24, 2.45) is 0 Å². The third kappa shape index (κ3) is 2.30. The fourth-order valence-corrected chi connectivity index (χ4v) is 2.16. The quantitative estimate of drug-likeness (QED) is 0.688. The lowest BCUT2D eigenvalue weighted by Crippen LogP contribution is -2.05. The van der Waals surface area contributed by atoms with E-state index in [0.717, 1.165) is 0 Å². The average Bonchev–Trinajstić information content (AvgIpc) is 2.48. The monoisotopic (exact) mass is 287 g/mol. The van der Waals surface area contributed by atoms with Crippen molar-refractivity contribution in [1.82, 2.24) is 0 Å². The third-order valence-electron chi connectivity index (χ3n) is 2.95. The molecule has 0 aliphatic rings. The maximum atomic E-state index is 11.3. The molecule has 0 saturated carbocycles. The van der Waals surface area contributed by atoms with Crippen LogP contribution in [0.3, 0.4) is 0 Å². The molecule has 2 aromatic carbocycles. The molecule has 0 spiro atoms. The van der Waals surface area contributed by atoms with Gasteiger partial charge in [-0.15, -0.1) is 0 Å². The summed E-state index contributed by atoms with van der Waals surface area (Å²) in [5.41, 5.74) is 0.236. The van der Waals surface area contributed by atoms with Crippen LogP contribution in [0.1, 0.15) is 12.5 Å². The molecule has 6 heteroatoms. The minimum atomic E-state index is -0.551. The van der Waals surface area contributed by atoms with Crippen LogP contribution in [-0.2, 0) is 4.79 Å². The molecule has 0 aliphatic heterocycles. The zero-order valence-electron chi connectivity index (χ0n) is 11.8. The van der Waals surface area contributed by atoms with Gasteiger partial charge >= 0.3 is 5.97 Å². The molecule has 0 saturated heterocycles. The number of fused-ring (bicyclic) bond motifs is 1. The lowest BCUT2D eigenvalue weighted by molar-refractivity contribution is -0.131. The number of phenols is 1. The predicted octanol–water partition coefficient (Wildman–Crippen LogP) is 2.36. The highest BCUT2D eigenvalue weighted by molar-refractivity contribution is 6.02. The van der Waals surface area contributed by atoms with Gasteiger partial charge in [-0.05, 0) is 6.07 Å². The van der Waals surface area contributed by atoms with Crippen LogP contribution < -0.4 is 14.2 Å². The third-order valence-corrected chi connectivity index (χ3v) is 2.95. The van der Waals surface area contributed by atoms with Crippen molar-refractivity contribution in [2.75, 3.05) is 14.2 Å². The zero-order valence-corrected chi connectivity index (χ0v) is 11.8. The summed E-state index contributed by atoms with van der Waals surface area (Å²) in [6.07, 6.45) is 0. The predicted molar refractivity (Wildman–Crippen MR) is 74.7 cm³/mol. The first-order valence-corrected chi connectivity index (χ1v) is 6.03. The Labute approximate surface area is 121 Å². The van der Waals surface area contributed by atoms with E-state index in [2.05, 4.69) is 0 Å². The second kappa shape index (κ2) is 5.59. The maximum Gasteiger partial charge on any atom is 0.308 e. The lowest BCUT2D eigenvalue weighted by Gasteiger charge is -2.17. The van der Waals surface area contributed by atoms with Crippen LogP contribution in [0.5, 0.6) is 23.0 Å². The van der Waals surface area contributed by atoms with Gasteiger partial charge in [-0.3, -0.25) is 4.79 Å². The van der Waals surface area contributed by atoms with Crippen molar-refractivity contribution in [2.45, 2.75) is 6.92 Å². The van der Waals surface area contributed by atoms with E-state index < -0.39 is 5.97 Å². The van der Waals surface area contributed by atoms with Crippen molar-refractivity contribution in [3.63, 3.8) is 0 Å². The molecule has 6 nitrogen and oxygen atoms in total. The van der Waals surface area contributed by atoms with Gasteiger partial charge in [0.1, 0.15) is 0 Å². The van der Waals surface area contributed by atoms with Crippen LogP contribution in [-0.4, -0.2) is 25.3 Å². The first kappa shape index (κ1) is 14.5. The van der Waals surface area contributed by atoms with E-state index in [4.69, 9.17) is 14.2 Å². The van der Waals surface area contributed by atoms with E-state index in [0.29, 0.717) is 5.39 Å². The Bertz CT molecular complexity index is 761. The summed E-state index contributed by atoms with van der Waals surface area (Å²) in [6, 6.07) is 6.78. The first-order chi connectivity index (χ1) is 10.0. The number of rotatable bonds is 3. The molecule has 0 amide bonds. The number of esters is 1. The summed E-state index contributed by atoms with van der Waals surface area (Å²) in [4.78, 5) is 11.3. The number of hydrogen-bond donors (Lipinski definition) is 1. The molecule has 0 aliphatic carbocycles. The molecule has 2 aromatic rings. The molecular weight excluding hydrogens is 274 g/mol. The Morgan fingerprint density at radius 1 is 1.19 bits per heavy atom. The summed E-state index contributed by atoms with van der Waals surface area (Å²) < 4.78 is 15.5. The summed E-state index contributed by atoms with van der Waals surface area (Å²) in [6.45, 7) is 1.25. The van der Waals surface area contributed by atoms with Crippen LogP contribution in [0.4, 0.5) is 0 Å². The minimum absolute atomic E-state index is 0.00366. The number of benzene rings is 2. The molecule has 21 heavy (non-hydrogen) atoms. The molecule has 108 valence electrons. The number of carbonyl (C=O) groups is 1. The summed E-state index contributed by atoms with van der Waals surface area (Å²) in [5, 5.41) is 20.2. The van der Waals surface area contributed by atoms with E-state index in [9.17, 15) is 15.2 Å². The first-order valence-electron chi connectivity index (χ1n) is 6.03. The van der Waals surface area contributed by atoms with Crippen LogP contribution in [0.25, 0.3) is 10.8 Å². The van der Waals surface area contributed by atoms with Crippen LogP contribution >= 0.6 is 0 Å². The highest BCUT2D eigenvalue weighted by atomic mass is 16.6. The number of aromatic hydroxyl groups is 1. The van der Waals surface area contributed by atoms with Gasteiger partial charge in [0, 0.05) is 17.7 Å². The summed E-state index contributed by atoms with van der Waals surface area (Å²) >= 11 is 0. The van der Waals surface area contributed by atoms with Gasteiger partial charge in [0.2, 0.25) is 11.5 Å². The standard InChI is InChI=1S/C15H13NO5/c1-8(17)21-13-10-6-4-5-9(7-16)11(10)12(18)14(19-2)15(13)20-3/h4-6,18H,1-3H3. The van der Waals surface area contributed by atoms with E-state index in [-0.39, 0.29) is 33.9 Å². The van der Waals surface area contributed by atoms with Gasteiger partial charge in [0.25, 0.3) is 0 Å². The van der Waals surface area contributed by atoms with Crippen LogP contribution in [0, 0.1) is 11.3 Å². The molecule has 0 heterocycles. The molecule has 0 fully saturated rings. The van der Waals surface area contributed by atoms with Gasteiger partial charge in [-0.1, -0.05) is 12.1 Å². The minimum Gasteiger partial charge on any atom is -0.504 e. The van der Waals surface area contributed by atoms with Gasteiger partial charge in [0.15, 0.2) is 11.5 Å². The fourth-order valence-electron chi connectivity index (χ4n) is 2.16. The molecule has 0 unspecified atom stereocenters. The molecule has 1 N–H and O–H groups in total. The summed E-state index contributed by atoms with van der Waals surface area (Å²) in [5.74, 6) is -0.592. The Balaban J connectivity index is 3.00. The van der Waals surface area contributed by atoms with Gasteiger partial charge in [0.05, 0.1) is 25.9 Å². The number of hydrogen-bond acceptors (Lipinski definition) is 6. The second-order valence-electron chi connectivity index (χ2n) is 4.18. The molecule has 2 rings (SSSR count). The number of ether oxygens (including phenoxy) is 3. The molecule has 0 aromatic heterocycles. The van der Waals surface area contributed by atoms with E-state index >= 15 is 0 Å². The molecule has 0 atom stereocenters. The van der Waals surface area contributed by atoms with Gasteiger partial charge in [-0.25, -0.2) is 0 Å². The number of carbonyl (C=O) groups excluding carboxylic acids is 1. The highest BCUT2D eigenvalue weighted by Gasteiger charge is 2.24. The van der Waals surface area contributed by atoms with Gasteiger partial charge < -0.3 is 19.3 Å². The van der Waals surface area contributed by atoms with Crippen LogP contribution in [0.2, 0.25) is 0 Å². The Morgan fingerprint density at radius 2 is 1.86 bits per heavy atom. The smallest absolute Gasteiger partial charge is 0.308 e. The van der Waals surface area contributed by atoms with Crippen molar-refractivity contribution >= 4 is 16.7 Å². The SMILES string of the molecule is COc1c(OC)c(O)c2c(C#N)cccc2c1OC(C)=O. The van der Waals surface area contributed by atoms with Crippen molar-refractivity contribution < 1.29 is 24.1 Å². The number of nitriles is 1. The number of methoxy groups -OCH3 is 2. The second-order valence-corrected chi connectivity index (χ2v) is 4.18. The Hall–Kier alpha value is -2.94. The van der Waals surface area contributed by atoms with Gasteiger partial charge in [-0.2, -0.15) is 5.26 Å². The number of nitrogens with zero attached hydrogens (tertiary/aromatic N) is 1. The highest BCUT2D eigenvalue weighted by Crippen LogP contribution is 2.51. The maximum absolute atomic E-state index is 11.3. The zero-order chi connectivity index (χ0) is 15.6. The van der Waals surface area contributed by atoms with Crippen molar-refractivity contribution in [3.8, 4) is 29.1 Å². The van der Waals surface area contributed by atoms with Crippen molar-refractivity contribution in [1.29, 1.82) is 5.26 Å². The average molecular weight is 287 g/mol. The fraction of sp³-hybridized carbons (Fsp3) is 0.200. The molecule has 0 radical (unpaired) electrons. The lowest BCUT2D eigenvalue weighted by atomic mass is 10.0. The van der Waals surface area contributed by atoms with E-state index in [1.165, 1.54) is 21.1 Å². The van der Waals surface area contributed by atoms with E-state index in [1.54, 1.807) is 18.2 Å². The largest absolute Gasteiger partial charge is 0.504 e. The Kier molecular flexibility index (Phi) is 3.85. The number of phenolic OH excluding ortho intramolecular Hbond substituents is 1. The molecular formula is C15H13NO5.